The molecule has 0 amide bonds. The predicted molar refractivity (Wildman–Crippen MR) is 93.9 cm³/mol. The number of hydrogen-bond donors (Lipinski definition) is 1. The molecular weight excluding hydrogens is 304 g/mol. The molecule has 1 aliphatic heterocycles. The maximum absolute atomic E-state index is 9.60. The first-order valence-electron chi connectivity index (χ1n) is 8.20. The lowest BCUT2D eigenvalue weighted by molar-refractivity contribution is -0.138. The predicted octanol–water partition coefficient (Wildman–Crippen LogP) is 3.19. The zero-order valence-corrected chi connectivity index (χ0v) is 15.1. The lowest BCUT2D eigenvalue weighted by atomic mass is 9.71. The molecule has 0 atom stereocenters. The SMILES string of the molecule is CC(C)(C)OC=O.COc1cccc(C2(CC#N)CCNCC2)c1. The Hall–Kier alpha value is -2.06. The number of carbonyl (C=O) groups is 1. The molecule has 132 valence electrons. The summed E-state index contributed by atoms with van der Waals surface area (Å²) in [6.07, 6.45) is 2.63. The van der Waals surface area contributed by atoms with Gasteiger partial charge in [0.15, 0.2) is 0 Å². The van der Waals surface area contributed by atoms with E-state index in [4.69, 9.17) is 10.00 Å². The molecule has 24 heavy (non-hydrogen) atoms. The lowest BCUT2D eigenvalue weighted by Gasteiger charge is -2.36. The summed E-state index contributed by atoms with van der Waals surface area (Å²) in [7, 11) is 1.68. The molecule has 0 aliphatic carbocycles. The highest BCUT2D eigenvalue weighted by molar-refractivity contribution is 5.38. The van der Waals surface area contributed by atoms with Crippen molar-refractivity contribution >= 4 is 6.47 Å². The molecule has 1 saturated heterocycles. The molecule has 0 saturated carbocycles. The number of carbonyl (C=O) groups excluding carboxylic acids is 1. The smallest absolute Gasteiger partial charge is 0.293 e. The molecule has 0 spiro atoms. The Bertz CT molecular complexity index is 552. The van der Waals surface area contributed by atoms with Gasteiger partial charge in [0.2, 0.25) is 0 Å². The van der Waals surface area contributed by atoms with Crippen molar-refractivity contribution in [3.8, 4) is 11.8 Å². The van der Waals surface area contributed by atoms with Crippen molar-refractivity contribution in [3.63, 3.8) is 0 Å². The van der Waals surface area contributed by atoms with E-state index in [9.17, 15) is 4.79 Å². The van der Waals surface area contributed by atoms with Gasteiger partial charge in [-0.3, -0.25) is 4.79 Å². The van der Waals surface area contributed by atoms with Crippen molar-refractivity contribution in [2.24, 2.45) is 0 Å². The highest BCUT2D eigenvalue weighted by Gasteiger charge is 2.33. The molecule has 5 heteroatoms. The number of rotatable bonds is 4. The molecule has 2 rings (SSSR count). The van der Waals surface area contributed by atoms with Gasteiger partial charge in [0.25, 0.3) is 6.47 Å². The van der Waals surface area contributed by atoms with Gasteiger partial charge in [0.05, 0.1) is 13.2 Å². The molecule has 0 aromatic heterocycles. The average Bonchev–Trinajstić information content (AvgIpc) is 2.55. The average molecular weight is 332 g/mol. The highest BCUT2D eigenvalue weighted by Crippen LogP contribution is 2.37. The van der Waals surface area contributed by atoms with E-state index in [0.29, 0.717) is 12.9 Å². The molecule has 1 heterocycles. The van der Waals surface area contributed by atoms with Crippen molar-refractivity contribution in [3.05, 3.63) is 29.8 Å². The summed E-state index contributed by atoms with van der Waals surface area (Å²) >= 11 is 0. The maximum atomic E-state index is 9.60. The number of nitriles is 1. The van der Waals surface area contributed by atoms with Gasteiger partial charge >= 0.3 is 0 Å². The third-order valence-electron chi connectivity index (χ3n) is 4.06. The lowest BCUT2D eigenvalue weighted by Crippen LogP contribution is -2.39. The highest BCUT2D eigenvalue weighted by atomic mass is 16.5. The van der Waals surface area contributed by atoms with E-state index in [1.807, 2.05) is 32.9 Å². The third-order valence-corrected chi connectivity index (χ3v) is 4.06. The third kappa shape index (κ3) is 6.21. The Morgan fingerprint density at radius 1 is 1.33 bits per heavy atom. The fourth-order valence-corrected chi connectivity index (χ4v) is 2.72. The quantitative estimate of drug-likeness (QED) is 0.857. The Morgan fingerprint density at radius 2 is 2.00 bits per heavy atom. The van der Waals surface area contributed by atoms with Gasteiger partial charge in [0, 0.05) is 11.8 Å². The number of hydrogen-bond acceptors (Lipinski definition) is 5. The van der Waals surface area contributed by atoms with Crippen LogP contribution in [0.1, 0.15) is 45.6 Å². The largest absolute Gasteiger partial charge is 0.497 e. The summed E-state index contributed by atoms with van der Waals surface area (Å²) in [5.41, 5.74) is 0.927. The second-order valence-corrected chi connectivity index (χ2v) is 6.92. The minimum atomic E-state index is -0.318. The molecule has 1 aromatic carbocycles. The molecule has 1 aliphatic rings. The van der Waals surface area contributed by atoms with Crippen LogP contribution in [0.5, 0.6) is 5.75 Å². The monoisotopic (exact) mass is 332 g/mol. The van der Waals surface area contributed by atoms with Crippen LogP contribution in [0.4, 0.5) is 0 Å². The summed E-state index contributed by atoms with van der Waals surface area (Å²) < 4.78 is 9.82. The van der Waals surface area contributed by atoms with Gasteiger partial charge in [-0.2, -0.15) is 5.26 Å². The van der Waals surface area contributed by atoms with E-state index in [0.717, 1.165) is 31.7 Å². The Morgan fingerprint density at radius 3 is 2.46 bits per heavy atom. The second kappa shape index (κ2) is 9.29. The van der Waals surface area contributed by atoms with Crippen LogP contribution in [-0.4, -0.2) is 32.3 Å². The number of nitrogens with zero attached hydrogens (tertiary/aromatic N) is 1. The van der Waals surface area contributed by atoms with Gasteiger partial charge in [-0.05, 0) is 64.4 Å². The first-order valence-corrected chi connectivity index (χ1v) is 8.20. The standard InChI is InChI=1S/C14H18N2O.C5H10O2/c1-17-13-4-2-3-12(11-13)14(5-8-15)6-9-16-10-7-14;1-5(2,3)7-4-6/h2-4,11,16H,5-7,9-10H2,1H3;4H,1-3H3. The number of methoxy groups -OCH3 is 1. The van der Waals surface area contributed by atoms with Crippen molar-refractivity contribution in [1.82, 2.24) is 5.32 Å². The summed E-state index contributed by atoms with van der Waals surface area (Å²) in [5, 5.41) is 12.4. The first-order chi connectivity index (χ1) is 11.4. The van der Waals surface area contributed by atoms with Crippen LogP contribution < -0.4 is 10.1 Å². The van der Waals surface area contributed by atoms with Crippen molar-refractivity contribution < 1.29 is 14.3 Å². The van der Waals surface area contributed by atoms with E-state index in [1.165, 1.54) is 5.56 Å². The van der Waals surface area contributed by atoms with Crippen LogP contribution in [0.3, 0.4) is 0 Å². The molecule has 1 fully saturated rings. The van der Waals surface area contributed by atoms with E-state index in [2.05, 4.69) is 28.3 Å². The maximum Gasteiger partial charge on any atom is 0.293 e. The topological polar surface area (TPSA) is 71.3 Å². The van der Waals surface area contributed by atoms with Crippen LogP contribution in [-0.2, 0) is 14.9 Å². The van der Waals surface area contributed by atoms with Crippen LogP contribution >= 0.6 is 0 Å². The first kappa shape index (κ1) is 20.0. The minimum Gasteiger partial charge on any atom is -0.497 e. The zero-order chi connectivity index (χ0) is 18.1. The van der Waals surface area contributed by atoms with Gasteiger partial charge in [-0.15, -0.1) is 0 Å². The number of ether oxygens (including phenoxy) is 2. The number of nitrogens with one attached hydrogen (secondary N) is 1. The van der Waals surface area contributed by atoms with Gasteiger partial charge < -0.3 is 14.8 Å². The molecule has 0 bridgehead atoms. The Kier molecular flexibility index (Phi) is 7.73. The van der Waals surface area contributed by atoms with Crippen LogP contribution in [0.25, 0.3) is 0 Å². The molecule has 1 N–H and O–H groups in total. The van der Waals surface area contributed by atoms with Crippen molar-refractivity contribution in [2.75, 3.05) is 20.2 Å². The Labute approximate surface area is 145 Å². The van der Waals surface area contributed by atoms with E-state index in [1.54, 1.807) is 7.11 Å². The van der Waals surface area contributed by atoms with Gasteiger partial charge in [-0.1, -0.05) is 12.1 Å². The van der Waals surface area contributed by atoms with E-state index in [-0.39, 0.29) is 11.0 Å². The van der Waals surface area contributed by atoms with Crippen LogP contribution in [0.2, 0.25) is 0 Å². The van der Waals surface area contributed by atoms with E-state index >= 15 is 0 Å². The number of piperidine rings is 1. The summed E-state index contributed by atoms with van der Waals surface area (Å²) in [4.78, 5) is 9.60. The molecule has 0 unspecified atom stereocenters. The summed E-state index contributed by atoms with van der Waals surface area (Å²) in [6.45, 7) is 7.89. The molecule has 5 nitrogen and oxygen atoms in total. The Balaban J connectivity index is 0.000000351. The minimum absolute atomic E-state index is 0.00847. The van der Waals surface area contributed by atoms with Crippen molar-refractivity contribution in [2.45, 2.75) is 51.0 Å². The normalized spacial score (nSPS) is 16.1. The number of benzene rings is 1. The summed E-state index contributed by atoms with van der Waals surface area (Å²) in [6, 6.07) is 10.5. The second-order valence-electron chi connectivity index (χ2n) is 6.92. The molecule has 1 aromatic rings. The summed E-state index contributed by atoms with van der Waals surface area (Å²) in [5.74, 6) is 0.873. The fraction of sp³-hybridized carbons (Fsp3) is 0.579. The van der Waals surface area contributed by atoms with Gasteiger partial charge in [0.1, 0.15) is 11.4 Å². The fourth-order valence-electron chi connectivity index (χ4n) is 2.72. The van der Waals surface area contributed by atoms with Crippen LogP contribution in [0, 0.1) is 11.3 Å². The van der Waals surface area contributed by atoms with Crippen molar-refractivity contribution in [1.29, 1.82) is 5.26 Å². The van der Waals surface area contributed by atoms with Crippen LogP contribution in [0.15, 0.2) is 24.3 Å². The van der Waals surface area contributed by atoms with Gasteiger partial charge in [-0.25, -0.2) is 0 Å². The van der Waals surface area contributed by atoms with E-state index < -0.39 is 0 Å². The molecular formula is C19H28N2O3. The zero-order valence-electron chi connectivity index (χ0n) is 15.1. The molecule has 0 radical (unpaired) electrons.